The van der Waals surface area contributed by atoms with E-state index in [1.54, 1.807) is 18.2 Å². The zero-order valence-corrected chi connectivity index (χ0v) is 13.4. The molecule has 1 aromatic rings. The molecule has 1 saturated heterocycles. The van der Waals surface area contributed by atoms with E-state index in [1.165, 1.54) is 17.0 Å². The first-order chi connectivity index (χ1) is 10.8. The second kappa shape index (κ2) is 5.78. The number of urea groups is 1. The van der Waals surface area contributed by atoms with E-state index >= 15 is 0 Å². The maximum atomic E-state index is 13.9. The second-order valence-electron chi connectivity index (χ2n) is 5.77. The van der Waals surface area contributed by atoms with Crippen molar-refractivity contribution >= 4 is 17.8 Å². The zero-order chi connectivity index (χ0) is 16.7. The number of alkyl halides is 3. The molecule has 0 aliphatic carbocycles. The van der Waals surface area contributed by atoms with E-state index in [0.717, 1.165) is 18.4 Å². The molecule has 7 heteroatoms. The standard InChI is InChI=1S/C16H17F3N2OS/c1-11-6-8-12(9-7-11)15(16(17,18)19)20-14(22)21-10-4-2-3-5-13(21)23-15/h5-9H,2-4,10H2,1H3,(H,20,22)/t15-/m0/s1. The van der Waals surface area contributed by atoms with Crippen molar-refractivity contribution in [1.82, 2.24) is 10.2 Å². The molecule has 23 heavy (non-hydrogen) atoms. The first-order valence-corrected chi connectivity index (χ1v) is 8.28. The molecular weight excluding hydrogens is 325 g/mol. The topological polar surface area (TPSA) is 32.3 Å². The highest BCUT2D eigenvalue weighted by molar-refractivity contribution is 8.04. The molecule has 0 bridgehead atoms. The maximum Gasteiger partial charge on any atom is 0.425 e. The van der Waals surface area contributed by atoms with Crippen LogP contribution < -0.4 is 5.32 Å². The fourth-order valence-electron chi connectivity index (χ4n) is 2.77. The summed E-state index contributed by atoms with van der Waals surface area (Å²) < 4.78 is 41.8. The van der Waals surface area contributed by atoms with Crippen molar-refractivity contribution < 1.29 is 18.0 Å². The van der Waals surface area contributed by atoms with Gasteiger partial charge in [0.25, 0.3) is 0 Å². The van der Waals surface area contributed by atoms with Gasteiger partial charge in [-0.25, -0.2) is 4.79 Å². The fraction of sp³-hybridized carbons (Fsp3) is 0.438. The molecule has 0 aromatic heterocycles. The number of halogens is 3. The Hall–Kier alpha value is -1.63. The molecule has 2 aliphatic rings. The Bertz CT molecular complexity index is 642. The van der Waals surface area contributed by atoms with Crippen LogP contribution in [-0.4, -0.2) is 23.7 Å². The van der Waals surface area contributed by atoms with E-state index in [-0.39, 0.29) is 5.56 Å². The molecule has 1 fully saturated rings. The molecule has 3 rings (SSSR count). The highest BCUT2D eigenvalue weighted by atomic mass is 32.2. The maximum absolute atomic E-state index is 13.9. The second-order valence-corrected chi connectivity index (χ2v) is 7.00. The minimum atomic E-state index is -4.61. The summed E-state index contributed by atoms with van der Waals surface area (Å²) in [4.78, 5) is 11.3. The molecule has 1 N–H and O–H groups in total. The number of hydrogen-bond acceptors (Lipinski definition) is 2. The third-order valence-corrected chi connectivity index (χ3v) is 5.54. The Labute approximate surface area is 136 Å². The van der Waals surface area contributed by atoms with Gasteiger partial charge in [0, 0.05) is 6.54 Å². The number of allylic oxidation sites excluding steroid dienone is 1. The van der Waals surface area contributed by atoms with Gasteiger partial charge in [-0.05, 0) is 31.7 Å². The summed E-state index contributed by atoms with van der Waals surface area (Å²) in [6.07, 6.45) is -0.518. The number of amides is 2. The van der Waals surface area contributed by atoms with Crippen LogP contribution in [0, 0.1) is 6.92 Å². The smallest absolute Gasteiger partial charge is 0.311 e. The van der Waals surface area contributed by atoms with Crippen molar-refractivity contribution in [2.75, 3.05) is 6.54 Å². The Balaban J connectivity index is 2.08. The van der Waals surface area contributed by atoms with E-state index in [0.29, 0.717) is 29.8 Å². The number of rotatable bonds is 1. The van der Waals surface area contributed by atoms with Gasteiger partial charge in [-0.3, -0.25) is 4.90 Å². The summed E-state index contributed by atoms with van der Waals surface area (Å²) in [5.41, 5.74) is 0.910. The van der Waals surface area contributed by atoms with Gasteiger partial charge in [0.2, 0.25) is 4.87 Å². The minimum absolute atomic E-state index is 0.0405. The van der Waals surface area contributed by atoms with Gasteiger partial charge in [-0.1, -0.05) is 47.7 Å². The summed E-state index contributed by atoms with van der Waals surface area (Å²) >= 11 is 0.676. The molecule has 1 aromatic carbocycles. The molecule has 0 spiro atoms. The molecule has 1 atom stereocenters. The third kappa shape index (κ3) is 2.82. The first-order valence-electron chi connectivity index (χ1n) is 7.46. The Morgan fingerprint density at radius 2 is 1.91 bits per heavy atom. The van der Waals surface area contributed by atoms with Gasteiger partial charge >= 0.3 is 12.2 Å². The van der Waals surface area contributed by atoms with Crippen molar-refractivity contribution in [3.05, 3.63) is 46.5 Å². The van der Waals surface area contributed by atoms with Crippen LogP contribution in [0.5, 0.6) is 0 Å². The molecule has 2 aliphatic heterocycles. The Morgan fingerprint density at radius 3 is 2.57 bits per heavy atom. The SMILES string of the molecule is Cc1ccc([C@]2(C(F)(F)F)NC(=O)N3CCCCC=C3S2)cc1. The Morgan fingerprint density at radius 1 is 1.22 bits per heavy atom. The molecule has 2 heterocycles. The van der Waals surface area contributed by atoms with Crippen LogP contribution in [-0.2, 0) is 4.87 Å². The summed E-state index contributed by atoms with van der Waals surface area (Å²) in [6.45, 7) is 2.26. The van der Waals surface area contributed by atoms with E-state index in [2.05, 4.69) is 5.32 Å². The average molecular weight is 342 g/mol. The largest absolute Gasteiger partial charge is 0.425 e. The zero-order valence-electron chi connectivity index (χ0n) is 12.6. The quantitative estimate of drug-likeness (QED) is 0.815. The molecule has 3 nitrogen and oxygen atoms in total. The highest BCUT2D eigenvalue weighted by Crippen LogP contribution is 2.53. The van der Waals surface area contributed by atoms with Gasteiger partial charge < -0.3 is 5.32 Å². The lowest BCUT2D eigenvalue weighted by Crippen LogP contribution is -2.60. The summed E-state index contributed by atoms with van der Waals surface area (Å²) in [7, 11) is 0. The highest BCUT2D eigenvalue weighted by Gasteiger charge is 2.61. The molecule has 124 valence electrons. The third-order valence-electron chi connectivity index (χ3n) is 4.06. The fourth-order valence-corrected chi connectivity index (χ4v) is 4.08. The van der Waals surface area contributed by atoms with Crippen molar-refractivity contribution in [2.45, 2.75) is 37.2 Å². The number of nitrogens with zero attached hydrogens (tertiary/aromatic N) is 1. The number of fused-ring (bicyclic) bond motifs is 1. The van der Waals surface area contributed by atoms with Gasteiger partial charge in [-0.15, -0.1) is 0 Å². The van der Waals surface area contributed by atoms with Crippen LogP contribution in [0.15, 0.2) is 35.4 Å². The van der Waals surface area contributed by atoms with Gasteiger partial charge in [-0.2, -0.15) is 13.2 Å². The van der Waals surface area contributed by atoms with E-state index in [1.807, 2.05) is 6.92 Å². The normalized spacial score (nSPS) is 25.3. The lowest BCUT2D eigenvalue weighted by Gasteiger charge is -2.43. The lowest BCUT2D eigenvalue weighted by atomic mass is 10.0. The number of nitrogens with one attached hydrogen (secondary N) is 1. The first kappa shape index (κ1) is 16.2. The number of hydrogen-bond donors (Lipinski definition) is 1. The van der Waals surface area contributed by atoms with Crippen molar-refractivity contribution in [3.8, 4) is 0 Å². The molecule has 0 unspecified atom stereocenters. The molecule has 0 radical (unpaired) electrons. The number of benzene rings is 1. The predicted octanol–water partition coefficient (Wildman–Crippen LogP) is 4.49. The van der Waals surface area contributed by atoms with Crippen molar-refractivity contribution in [2.24, 2.45) is 0 Å². The van der Waals surface area contributed by atoms with Gasteiger partial charge in [0.05, 0.1) is 5.03 Å². The van der Waals surface area contributed by atoms with Gasteiger partial charge in [0.15, 0.2) is 0 Å². The lowest BCUT2D eigenvalue weighted by molar-refractivity contribution is -0.168. The predicted molar refractivity (Wildman–Crippen MR) is 83.7 cm³/mol. The number of aryl methyl sites for hydroxylation is 1. The number of thioether (sulfide) groups is 1. The van der Waals surface area contributed by atoms with Gasteiger partial charge in [0.1, 0.15) is 0 Å². The van der Waals surface area contributed by atoms with Crippen LogP contribution in [0.3, 0.4) is 0 Å². The van der Waals surface area contributed by atoms with Crippen LogP contribution in [0.4, 0.5) is 18.0 Å². The molecule has 0 saturated carbocycles. The summed E-state index contributed by atoms with van der Waals surface area (Å²) in [5, 5.41) is 2.61. The van der Waals surface area contributed by atoms with Crippen LogP contribution in [0.1, 0.15) is 30.4 Å². The van der Waals surface area contributed by atoms with Crippen LogP contribution in [0.25, 0.3) is 0 Å². The molecule has 2 amide bonds. The van der Waals surface area contributed by atoms with E-state index in [9.17, 15) is 18.0 Å². The minimum Gasteiger partial charge on any atom is -0.311 e. The number of carbonyl (C=O) groups is 1. The van der Waals surface area contributed by atoms with E-state index in [4.69, 9.17) is 0 Å². The van der Waals surface area contributed by atoms with E-state index < -0.39 is 17.1 Å². The van der Waals surface area contributed by atoms with Crippen LogP contribution in [0.2, 0.25) is 0 Å². The van der Waals surface area contributed by atoms with Crippen LogP contribution >= 0.6 is 11.8 Å². The monoisotopic (exact) mass is 342 g/mol. The Kier molecular flexibility index (Phi) is 4.08. The van der Waals surface area contributed by atoms with Crippen molar-refractivity contribution in [3.63, 3.8) is 0 Å². The summed E-state index contributed by atoms with van der Waals surface area (Å²) in [6, 6.07) is 5.44. The number of carbonyl (C=O) groups excluding carboxylic acids is 1. The molecular formula is C16H17F3N2OS. The summed E-state index contributed by atoms with van der Waals surface area (Å²) in [5.74, 6) is 0. The average Bonchev–Trinajstić information content (AvgIpc) is 2.72. The van der Waals surface area contributed by atoms with Crippen molar-refractivity contribution in [1.29, 1.82) is 0 Å².